The number of hydrogen-bond donors (Lipinski definition) is 3. The minimum absolute atomic E-state index is 0. The number of aromatic amines is 1. The Morgan fingerprint density at radius 2 is 2.33 bits per heavy atom. The van der Waals surface area contributed by atoms with Crippen molar-refractivity contribution in [2.24, 2.45) is 0 Å². The Morgan fingerprint density at radius 1 is 1.57 bits per heavy atom. The number of amides is 1. The molecule has 1 aliphatic heterocycles. The van der Waals surface area contributed by atoms with Crippen molar-refractivity contribution in [3.63, 3.8) is 0 Å². The molecule has 1 aliphatic rings. The highest BCUT2D eigenvalue weighted by molar-refractivity contribution is 5.92. The number of hydrogen-bond acceptors (Lipinski definition) is 5. The Bertz CT molecular complexity index is 499. The minimum atomic E-state index is -0.568. The highest BCUT2D eigenvalue weighted by Crippen LogP contribution is 2.19. The standard InChI is InChI=1S/C12H18N4O4.ClH/c1-20-8-12(5-2-6-14-12)7-13-11(17)9-3-4-10(15-9)16(18)19;/h3-4,14-15H,2,5-8H2,1H3,(H,13,17);1H. The van der Waals surface area contributed by atoms with E-state index in [4.69, 9.17) is 4.74 Å². The van der Waals surface area contributed by atoms with E-state index in [1.807, 2.05) is 0 Å². The molecular weight excluding hydrogens is 300 g/mol. The summed E-state index contributed by atoms with van der Waals surface area (Å²) in [7, 11) is 1.62. The van der Waals surface area contributed by atoms with Crippen molar-refractivity contribution in [3.8, 4) is 0 Å². The van der Waals surface area contributed by atoms with Gasteiger partial charge in [-0.1, -0.05) is 0 Å². The quantitative estimate of drug-likeness (QED) is 0.532. The summed E-state index contributed by atoms with van der Waals surface area (Å²) in [5.41, 5.74) is -0.0644. The molecule has 21 heavy (non-hydrogen) atoms. The number of halogens is 1. The van der Waals surface area contributed by atoms with Crippen molar-refractivity contribution in [2.75, 3.05) is 26.8 Å². The van der Waals surface area contributed by atoms with Gasteiger partial charge in [-0.05, 0) is 30.4 Å². The number of nitro groups is 1. The Hall–Kier alpha value is -1.64. The van der Waals surface area contributed by atoms with Gasteiger partial charge in [-0.2, -0.15) is 0 Å². The molecule has 2 heterocycles. The largest absolute Gasteiger partial charge is 0.383 e. The van der Waals surface area contributed by atoms with E-state index in [0.717, 1.165) is 19.4 Å². The van der Waals surface area contributed by atoms with E-state index in [9.17, 15) is 14.9 Å². The second kappa shape index (κ2) is 7.39. The lowest BCUT2D eigenvalue weighted by Gasteiger charge is -2.28. The zero-order chi connectivity index (χ0) is 14.6. The Balaban J connectivity index is 0.00000220. The molecule has 1 atom stereocenters. The maximum Gasteiger partial charge on any atom is 0.321 e. The summed E-state index contributed by atoms with van der Waals surface area (Å²) < 4.78 is 5.19. The van der Waals surface area contributed by atoms with Crippen LogP contribution in [-0.2, 0) is 4.74 Å². The zero-order valence-electron chi connectivity index (χ0n) is 11.7. The molecule has 1 aromatic rings. The van der Waals surface area contributed by atoms with Gasteiger partial charge in [-0.25, -0.2) is 4.98 Å². The summed E-state index contributed by atoms with van der Waals surface area (Å²) in [5.74, 6) is -0.553. The number of rotatable bonds is 6. The molecule has 0 saturated carbocycles. The number of nitrogens with one attached hydrogen (secondary N) is 3. The number of H-pyrrole nitrogens is 1. The van der Waals surface area contributed by atoms with E-state index < -0.39 is 4.92 Å². The molecule has 2 rings (SSSR count). The van der Waals surface area contributed by atoms with E-state index >= 15 is 0 Å². The van der Waals surface area contributed by atoms with Crippen molar-refractivity contribution in [2.45, 2.75) is 18.4 Å². The van der Waals surface area contributed by atoms with Crippen LogP contribution in [0.15, 0.2) is 12.1 Å². The first-order valence-corrected chi connectivity index (χ1v) is 6.42. The van der Waals surface area contributed by atoms with Gasteiger partial charge in [0.15, 0.2) is 5.69 Å². The van der Waals surface area contributed by atoms with Crippen LogP contribution in [0.4, 0.5) is 5.82 Å². The third kappa shape index (κ3) is 4.16. The van der Waals surface area contributed by atoms with Crippen LogP contribution >= 0.6 is 12.4 Å². The molecule has 9 heteroatoms. The number of carbonyl (C=O) groups is 1. The van der Waals surface area contributed by atoms with Crippen LogP contribution in [-0.4, -0.2) is 48.2 Å². The van der Waals surface area contributed by atoms with Gasteiger partial charge in [-0.3, -0.25) is 4.79 Å². The van der Waals surface area contributed by atoms with Gasteiger partial charge in [0.25, 0.3) is 5.91 Å². The van der Waals surface area contributed by atoms with Gasteiger partial charge in [0.2, 0.25) is 0 Å². The summed E-state index contributed by atoms with van der Waals surface area (Å²) in [6.07, 6.45) is 1.96. The van der Waals surface area contributed by atoms with Crippen LogP contribution in [0.5, 0.6) is 0 Å². The van der Waals surface area contributed by atoms with Crippen LogP contribution in [0.1, 0.15) is 23.3 Å². The van der Waals surface area contributed by atoms with Crippen LogP contribution in [0, 0.1) is 10.1 Å². The highest BCUT2D eigenvalue weighted by atomic mass is 35.5. The molecule has 0 radical (unpaired) electrons. The van der Waals surface area contributed by atoms with Crippen LogP contribution < -0.4 is 10.6 Å². The van der Waals surface area contributed by atoms with Crippen molar-refractivity contribution in [3.05, 3.63) is 27.9 Å². The second-order valence-electron chi connectivity index (χ2n) is 4.94. The van der Waals surface area contributed by atoms with Crippen molar-refractivity contribution in [1.29, 1.82) is 0 Å². The third-order valence-corrected chi connectivity index (χ3v) is 3.45. The molecular formula is C12H19ClN4O4. The number of ether oxygens (including phenoxy) is 1. The van der Waals surface area contributed by atoms with Crippen LogP contribution in [0.25, 0.3) is 0 Å². The Kier molecular flexibility index (Phi) is 6.13. The second-order valence-corrected chi connectivity index (χ2v) is 4.94. The molecule has 8 nitrogen and oxygen atoms in total. The average molecular weight is 319 g/mol. The molecule has 1 saturated heterocycles. The van der Waals surface area contributed by atoms with Crippen LogP contribution in [0.3, 0.4) is 0 Å². The van der Waals surface area contributed by atoms with Crippen molar-refractivity contribution < 1.29 is 14.5 Å². The monoisotopic (exact) mass is 318 g/mol. The third-order valence-electron chi connectivity index (χ3n) is 3.45. The fourth-order valence-electron chi connectivity index (χ4n) is 2.44. The van der Waals surface area contributed by atoms with Crippen molar-refractivity contribution >= 4 is 24.1 Å². The highest BCUT2D eigenvalue weighted by Gasteiger charge is 2.34. The van der Waals surface area contributed by atoms with Gasteiger partial charge >= 0.3 is 5.82 Å². The van der Waals surface area contributed by atoms with Gasteiger partial charge in [0, 0.05) is 19.7 Å². The van der Waals surface area contributed by atoms with Crippen molar-refractivity contribution in [1.82, 2.24) is 15.6 Å². The summed E-state index contributed by atoms with van der Waals surface area (Å²) in [4.78, 5) is 24.4. The molecule has 0 bridgehead atoms. The summed E-state index contributed by atoms with van der Waals surface area (Å²) >= 11 is 0. The molecule has 1 unspecified atom stereocenters. The smallest absolute Gasteiger partial charge is 0.321 e. The molecule has 1 aromatic heterocycles. The van der Waals surface area contributed by atoms with Gasteiger partial charge in [0.1, 0.15) is 0 Å². The number of nitrogens with zero attached hydrogens (tertiary/aromatic N) is 1. The molecule has 0 aromatic carbocycles. The fourth-order valence-corrected chi connectivity index (χ4v) is 2.44. The number of carbonyl (C=O) groups excluding carboxylic acids is 1. The molecule has 118 valence electrons. The van der Waals surface area contributed by atoms with Gasteiger partial charge in [-0.15, -0.1) is 12.4 Å². The Labute approximate surface area is 128 Å². The molecule has 3 N–H and O–H groups in total. The first kappa shape index (κ1) is 17.4. The predicted octanol–water partition coefficient (Wildman–Crippen LogP) is 0.843. The zero-order valence-corrected chi connectivity index (χ0v) is 12.5. The van der Waals surface area contributed by atoms with E-state index in [1.54, 1.807) is 7.11 Å². The van der Waals surface area contributed by atoms with Gasteiger partial charge in [0.05, 0.1) is 12.1 Å². The lowest BCUT2D eigenvalue weighted by Crippen LogP contribution is -2.53. The molecule has 0 aliphatic carbocycles. The SMILES string of the molecule is COCC1(CNC(=O)c2ccc([N+](=O)[O-])[nH]2)CCCN1.Cl. The van der Waals surface area contributed by atoms with Crippen LogP contribution in [0.2, 0.25) is 0 Å². The molecule has 0 spiro atoms. The lowest BCUT2D eigenvalue weighted by atomic mass is 9.98. The molecule has 1 fully saturated rings. The first-order valence-electron chi connectivity index (χ1n) is 6.42. The topological polar surface area (TPSA) is 109 Å². The Morgan fingerprint density at radius 3 is 2.86 bits per heavy atom. The summed E-state index contributed by atoms with van der Waals surface area (Å²) in [6, 6.07) is 2.67. The number of methoxy groups -OCH3 is 1. The minimum Gasteiger partial charge on any atom is -0.383 e. The predicted molar refractivity (Wildman–Crippen MR) is 78.9 cm³/mol. The van der Waals surface area contributed by atoms with E-state index in [-0.39, 0.29) is 35.4 Å². The summed E-state index contributed by atoms with van der Waals surface area (Å²) in [5, 5.41) is 16.7. The lowest BCUT2D eigenvalue weighted by molar-refractivity contribution is -0.389. The van der Waals surface area contributed by atoms with Gasteiger partial charge < -0.3 is 25.5 Å². The fraction of sp³-hybridized carbons (Fsp3) is 0.583. The first-order chi connectivity index (χ1) is 9.56. The number of aromatic nitrogens is 1. The average Bonchev–Trinajstić information content (AvgIpc) is 3.06. The van der Waals surface area contributed by atoms with E-state index in [1.165, 1.54) is 12.1 Å². The molecule has 1 amide bonds. The normalized spacial score (nSPS) is 20.8. The maximum atomic E-state index is 12.0. The van der Waals surface area contributed by atoms with E-state index in [2.05, 4.69) is 15.6 Å². The van der Waals surface area contributed by atoms with E-state index in [0.29, 0.717) is 13.2 Å². The summed E-state index contributed by atoms with van der Waals surface area (Å²) in [6.45, 7) is 1.83. The maximum absolute atomic E-state index is 12.0.